The summed E-state index contributed by atoms with van der Waals surface area (Å²) in [7, 11) is 0. The van der Waals surface area contributed by atoms with E-state index in [9.17, 15) is 55.0 Å². The molecule has 0 heterocycles. The Morgan fingerprint density at radius 1 is 0.923 bits per heavy atom. The van der Waals surface area contributed by atoms with Gasteiger partial charge in [-0.1, -0.05) is 5.01 Å². The first-order valence-corrected chi connectivity index (χ1v) is 6.16. The third kappa shape index (κ3) is 3.55. The van der Waals surface area contributed by atoms with Gasteiger partial charge >= 0.3 is 17.0 Å². The van der Waals surface area contributed by atoms with Gasteiger partial charge in [0.25, 0.3) is 5.69 Å². The average molecular weight is 378 g/mol. The molecule has 0 N–H and O–H groups in total. The van der Waals surface area contributed by atoms with Gasteiger partial charge in [-0.15, -0.1) is 0 Å². The average Bonchev–Trinajstić information content (AvgIpc) is 2.50. The molecule has 0 aliphatic carbocycles. The molecule has 1 aromatic carbocycles. The Balaban J connectivity index is 3.78. The van der Waals surface area contributed by atoms with Crippen LogP contribution in [0.15, 0.2) is 12.1 Å². The predicted molar refractivity (Wildman–Crippen MR) is 76.4 cm³/mol. The van der Waals surface area contributed by atoms with Gasteiger partial charge in [-0.3, -0.25) is 40.5 Å². The van der Waals surface area contributed by atoms with Crippen molar-refractivity contribution in [2.45, 2.75) is 12.6 Å². The lowest BCUT2D eigenvalue weighted by atomic mass is 10.1. The van der Waals surface area contributed by atoms with Crippen LogP contribution in [0.5, 0.6) is 0 Å². The third-order valence-electron chi connectivity index (χ3n) is 3.12. The minimum atomic E-state index is -3.25. The number of hydrogen-bond donors (Lipinski definition) is 0. The van der Waals surface area contributed by atoms with Crippen LogP contribution in [-0.2, 0) is 0 Å². The summed E-state index contributed by atoms with van der Waals surface area (Å²) >= 11 is 0. The lowest BCUT2D eigenvalue weighted by molar-refractivity contribution is -0.791. The smallest absolute Gasteiger partial charge is 0.258 e. The number of nitrogens with zero attached hydrogens (tertiary/aromatic N) is 6. The lowest BCUT2D eigenvalue weighted by Crippen LogP contribution is -2.54. The summed E-state index contributed by atoms with van der Waals surface area (Å²) in [5, 5.41) is 53.0. The number of hydrazine groups is 1. The van der Waals surface area contributed by atoms with Crippen LogP contribution in [0.3, 0.4) is 0 Å². The van der Waals surface area contributed by atoms with Crippen LogP contribution in [0.2, 0.25) is 0 Å². The van der Waals surface area contributed by atoms with Crippen molar-refractivity contribution in [3.05, 3.63) is 68.5 Å². The second-order valence-corrected chi connectivity index (χ2v) is 4.83. The molecule has 0 saturated heterocycles. The van der Waals surface area contributed by atoms with Crippen molar-refractivity contribution in [1.29, 1.82) is 0 Å². The summed E-state index contributed by atoms with van der Waals surface area (Å²) in [5.41, 5.74) is -7.63. The van der Waals surface area contributed by atoms with Gasteiger partial charge in [-0.25, -0.2) is 14.5 Å². The molecule has 16 nitrogen and oxygen atoms in total. The van der Waals surface area contributed by atoms with Gasteiger partial charge in [0.1, 0.15) is 15.7 Å². The van der Waals surface area contributed by atoms with E-state index < -0.39 is 64.8 Å². The van der Waals surface area contributed by atoms with Gasteiger partial charge in [0.05, 0.1) is 28.9 Å². The first kappa shape index (κ1) is 20.0. The fourth-order valence-corrected chi connectivity index (χ4v) is 1.80. The van der Waals surface area contributed by atoms with Crippen LogP contribution in [-0.4, -0.2) is 36.9 Å². The van der Waals surface area contributed by atoms with E-state index in [1.54, 1.807) is 0 Å². The molecule has 0 radical (unpaired) electrons. The van der Waals surface area contributed by atoms with Crippen molar-refractivity contribution in [2.24, 2.45) is 0 Å². The number of halogens is 1. The Hall–Kier alpha value is -4.05. The second-order valence-electron chi connectivity index (χ2n) is 4.83. The molecule has 0 bridgehead atoms. The number of nitro benzene ring substituents is 2. The zero-order valence-electron chi connectivity index (χ0n) is 12.5. The summed E-state index contributed by atoms with van der Waals surface area (Å²) in [4.78, 5) is 49.3. The van der Waals surface area contributed by atoms with Gasteiger partial charge in [0.2, 0.25) is 6.54 Å². The van der Waals surface area contributed by atoms with Crippen molar-refractivity contribution in [1.82, 2.24) is 0 Å². The van der Waals surface area contributed by atoms with Crippen LogP contribution in [0, 0.1) is 56.4 Å². The maximum atomic E-state index is 13.4. The number of benzene rings is 1. The minimum Gasteiger partial charge on any atom is -0.258 e. The van der Waals surface area contributed by atoms with E-state index in [0.717, 1.165) is 0 Å². The Labute approximate surface area is 140 Å². The monoisotopic (exact) mass is 378 g/mol. The molecule has 0 saturated carbocycles. The summed E-state index contributed by atoms with van der Waals surface area (Å²) in [6, 6.07) is 0.211. The molecule has 1 rings (SSSR count). The van der Waals surface area contributed by atoms with E-state index in [-0.39, 0.29) is 12.1 Å². The first-order valence-electron chi connectivity index (χ1n) is 6.16. The van der Waals surface area contributed by atoms with Gasteiger partial charge < -0.3 is 0 Å². The Morgan fingerprint density at radius 3 is 1.58 bits per heavy atom. The molecular formula is C9H7FN6O10. The van der Waals surface area contributed by atoms with Crippen molar-refractivity contribution >= 4 is 17.1 Å². The second kappa shape index (κ2) is 6.83. The molecule has 0 fully saturated rings. The van der Waals surface area contributed by atoms with Crippen LogP contribution in [0.25, 0.3) is 0 Å². The molecule has 0 aliphatic heterocycles. The quantitative estimate of drug-likeness (QED) is 0.351. The molecular weight excluding hydrogens is 371 g/mol. The predicted octanol–water partition coefficient (Wildman–Crippen LogP) is 0.910. The Bertz CT molecular complexity index is 778. The van der Waals surface area contributed by atoms with Crippen molar-refractivity contribution in [3.8, 4) is 0 Å². The van der Waals surface area contributed by atoms with Crippen LogP contribution >= 0.6 is 0 Å². The lowest BCUT2D eigenvalue weighted by Gasteiger charge is -2.18. The zero-order valence-corrected chi connectivity index (χ0v) is 12.5. The molecule has 0 unspecified atom stereocenters. The highest BCUT2D eigenvalue weighted by Crippen LogP contribution is 2.39. The maximum Gasteiger partial charge on any atom is 0.478 e. The normalized spacial score (nSPS) is 10.8. The van der Waals surface area contributed by atoms with Crippen molar-refractivity contribution in [3.63, 3.8) is 0 Å². The number of rotatable bonds is 8. The molecule has 0 atom stereocenters. The van der Waals surface area contributed by atoms with Crippen molar-refractivity contribution < 1.29 is 29.1 Å². The van der Waals surface area contributed by atoms with E-state index in [0.29, 0.717) is 6.92 Å². The van der Waals surface area contributed by atoms with Gasteiger partial charge in [0, 0.05) is 0 Å². The molecule has 0 aromatic heterocycles. The molecule has 17 heteroatoms. The van der Waals surface area contributed by atoms with E-state index >= 15 is 0 Å². The summed E-state index contributed by atoms with van der Waals surface area (Å²) in [5.74, 6) is -1.48. The largest absolute Gasteiger partial charge is 0.478 e. The fourth-order valence-electron chi connectivity index (χ4n) is 1.80. The van der Waals surface area contributed by atoms with Crippen molar-refractivity contribution in [2.75, 3.05) is 11.6 Å². The third-order valence-corrected chi connectivity index (χ3v) is 3.12. The summed E-state index contributed by atoms with van der Waals surface area (Å²) in [6.45, 7) is -1.35. The Morgan fingerprint density at radius 2 is 1.31 bits per heavy atom. The SMILES string of the molecule is CC(CN(c1c([N+](=O)[O-])cc(F)cc1[N+](=O)[O-])[N+](=O)[O-])([N+](=O)[O-])[N+](=O)[O-]. The van der Waals surface area contributed by atoms with E-state index in [1.165, 1.54) is 0 Å². The summed E-state index contributed by atoms with van der Waals surface area (Å²) in [6.07, 6.45) is 0. The topological polar surface area (TPSA) is 219 Å². The maximum absolute atomic E-state index is 13.4. The number of hydrogen-bond acceptors (Lipinski definition) is 10. The van der Waals surface area contributed by atoms with Gasteiger partial charge in [-0.2, -0.15) is 0 Å². The molecule has 1 aromatic rings. The number of nitro groups is 5. The zero-order chi connectivity index (χ0) is 20.4. The fraction of sp³-hybridized carbons (Fsp3) is 0.333. The highest BCUT2D eigenvalue weighted by molar-refractivity contribution is 5.74. The molecule has 0 aliphatic rings. The standard InChI is InChI=1S/C9H7FN6O10/c1-9(14(21)22,15(23)24)4-11(16(25)26)8-6(12(17)18)2-5(10)3-7(8)13(19)20/h2-3H,4H2,1H3. The van der Waals surface area contributed by atoms with E-state index in [4.69, 9.17) is 0 Å². The Kier molecular flexibility index (Phi) is 5.25. The van der Waals surface area contributed by atoms with Gasteiger partial charge in [0.15, 0.2) is 5.03 Å². The first-order chi connectivity index (χ1) is 11.8. The highest BCUT2D eigenvalue weighted by atomic mass is 19.1. The summed E-state index contributed by atoms with van der Waals surface area (Å²) < 4.78 is 13.4. The minimum absolute atomic E-state index is 0.106. The van der Waals surface area contributed by atoms with E-state index in [2.05, 4.69) is 0 Å². The van der Waals surface area contributed by atoms with Crippen LogP contribution in [0.4, 0.5) is 21.5 Å². The van der Waals surface area contributed by atoms with Crippen LogP contribution in [0.1, 0.15) is 6.92 Å². The number of anilines is 1. The molecule has 0 spiro atoms. The highest BCUT2D eigenvalue weighted by Gasteiger charge is 2.57. The molecule has 0 amide bonds. The van der Waals surface area contributed by atoms with Gasteiger partial charge in [-0.05, 0) is 0 Å². The molecule has 26 heavy (non-hydrogen) atoms. The van der Waals surface area contributed by atoms with E-state index in [1.807, 2.05) is 0 Å². The van der Waals surface area contributed by atoms with Crippen LogP contribution < -0.4 is 5.01 Å². The molecule has 140 valence electrons.